The molecule has 4 N–H and O–H groups in total. The highest BCUT2D eigenvalue weighted by Gasteiger charge is 2.27. The molecule has 0 atom stereocenters. The Kier molecular flexibility index (Phi) is 6.01. The Morgan fingerprint density at radius 3 is 2.71 bits per heavy atom. The van der Waals surface area contributed by atoms with Crippen LogP contribution < -0.4 is 16.4 Å². The molecule has 1 aliphatic heterocycles. The number of halogens is 2. The Morgan fingerprint density at radius 2 is 2.07 bits per heavy atom. The van der Waals surface area contributed by atoms with Gasteiger partial charge in [-0.25, -0.2) is 8.78 Å². The van der Waals surface area contributed by atoms with Crippen LogP contribution in [0, 0.1) is 11.6 Å². The third kappa shape index (κ3) is 4.18. The molecule has 1 aliphatic rings. The van der Waals surface area contributed by atoms with Gasteiger partial charge in [0.25, 0.3) is 11.8 Å². The Labute approximate surface area is 169 Å². The zero-order valence-corrected chi connectivity index (χ0v) is 16.6. The van der Waals surface area contributed by atoms with Crippen molar-refractivity contribution in [2.24, 2.45) is 5.73 Å². The minimum absolute atomic E-state index is 0.0665. The van der Waals surface area contributed by atoms with E-state index in [0.717, 1.165) is 41.7 Å². The summed E-state index contributed by atoms with van der Waals surface area (Å²) in [4.78, 5) is 27.4. The number of nitrogens with one attached hydrogen (secondary N) is 2. The summed E-state index contributed by atoms with van der Waals surface area (Å²) in [5.41, 5.74) is 6.75. The number of thiocarbonyl (C=S) groups is 1. The minimum atomic E-state index is -1.13. The number of fused-ring (bicyclic) bond motifs is 1. The molecule has 3 rings (SSSR count). The molecule has 0 unspecified atom stereocenters. The third-order valence-electron chi connectivity index (χ3n) is 4.47. The van der Waals surface area contributed by atoms with Crippen molar-refractivity contribution in [1.82, 2.24) is 10.2 Å². The largest absolute Gasteiger partial charge is 0.365 e. The maximum atomic E-state index is 13.3. The fourth-order valence-corrected chi connectivity index (χ4v) is 4.58. The lowest BCUT2D eigenvalue weighted by molar-refractivity contribution is 0.0975. The lowest BCUT2D eigenvalue weighted by Gasteiger charge is -2.25. The summed E-state index contributed by atoms with van der Waals surface area (Å²) >= 11 is 6.50. The third-order valence-corrected chi connectivity index (χ3v) is 5.80. The van der Waals surface area contributed by atoms with Crippen LogP contribution in [-0.4, -0.2) is 34.9 Å². The average Bonchev–Trinajstić information content (AvgIpc) is 3.00. The molecule has 6 nitrogen and oxygen atoms in total. The van der Waals surface area contributed by atoms with Crippen molar-refractivity contribution in [2.45, 2.75) is 19.9 Å². The van der Waals surface area contributed by atoms with E-state index in [1.807, 2.05) is 0 Å². The lowest BCUT2D eigenvalue weighted by atomic mass is 10.0. The van der Waals surface area contributed by atoms with Gasteiger partial charge in [-0.1, -0.05) is 6.92 Å². The Morgan fingerprint density at radius 1 is 1.32 bits per heavy atom. The van der Waals surface area contributed by atoms with Gasteiger partial charge in [-0.05, 0) is 48.9 Å². The van der Waals surface area contributed by atoms with E-state index in [1.54, 1.807) is 0 Å². The van der Waals surface area contributed by atoms with Crippen molar-refractivity contribution in [3.63, 3.8) is 0 Å². The van der Waals surface area contributed by atoms with Crippen molar-refractivity contribution in [3.8, 4) is 0 Å². The number of carbonyl (C=O) groups excluding carboxylic acids is 2. The summed E-state index contributed by atoms with van der Waals surface area (Å²) in [6.45, 7) is 4.51. The normalized spacial score (nSPS) is 13.7. The molecular formula is C18H18F2N4O2S2. The van der Waals surface area contributed by atoms with E-state index in [-0.39, 0.29) is 10.7 Å². The minimum Gasteiger partial charge on any atom is -0.365 e. The molecule has 148 valence electrons. The number of primary amides is 1. The van der Waals surface area contributed by atoms with Crippen LogP contribution in [0.25, 0.3) is 0 Å². The number of nitrogens with zero attached hydrogens (tertiary/aromatic N) is 1. The maximum absolute atomic E-state index is 13.3. The number of benzene rings is 1. The van der Waals surface area contributed by atoms with Crippen molar-refractivity contribution in [3.05, 3.63) is 51.4 Å². The molecule has 0 aliphatic carbocycles. The Bertz CT molecular complexity index is 961. The molecule has 1 aromatic heterocycles. The van der Waals surface area contributed by atoms with Crippen LogP contribution in [0.3, 0.4) is 0 Å². The van der Waals surface area contributed by atoms with E-state index < -0.39 is 23.4 Å². The van der Waals surface area contributed by atoms with Gasteiger partial charge in [-0.3, -0.25) is 19.8 Å². The van der Waals surface area contributed by atoms with E-state index >= 15 is 0 Å². The van der Waals surface area contributed by atoms with Crippen LogP contribution in [0.15, 0.2) is 18.2 Å². The second kappa shape index (κ2) is 8.29. The first-order valence-corrected chi connectivity index (χ1v) is 9.76. The van der Waals surface area contributed by atoms with Crippen molar-refractivity contribution in [2.75, 3.05) is 18.4 Å². The highest BCUT2D eigenvalue weighted by atomic mass is 32.1. The van der Waals surface area contributed by atoms with Crippen LogP contribution in [-0.2, 0) is 13.0 Å². The lowest BCUT2D eigenvalue weighted by Crippen LogP contribution is -2.34. The standard InChI is InChI=1S/C18H18F2N4O2S2/c1-2-24-6-5-10-13(8-24)28-17(14(10)15(21)25)23-18(27)22-16(26)9-3-4-11(19)12(20)7-9/h3-4,7H,2,5-6,8H2,1H3,(H2,21,25)(H2,22,23,26,27). The SMILES string of the molecule is CCN1CCc2c(sc(NC(=S)NC(=O)c3ccc(F)c(F)c3)c2C(N)=O)C1. The van der Waals surface area contributed by atoms with E-state index in [2.05, 4.69) is 22.5 Å². The van der Waals surface area contributed by atoms with Gasteiger partial charge in [-0.15, -0.1) is 11.3 Å². The molecule has 2 amide bonds. The van der Waals surface area contributed by atoms with E-state index in [1.165, 1.54) is 11.3 Å². The summed E-state index contributed by atoms with van der Waals surface area (Å²) in [5.74, 6) is -3.45. The second-order valence-electron chi connectivity index (χ2n) is 6.23. The number of rotatable bonds is 4. The number of hydrogen-bond acceptors (Lipinski definition) is 5. The molecule has 1 aromatic carbocycles. The Balaban J connectivity index is 1.76. The van der Waals surface area contributed by atoms with Gasteiger partial charge in [0.05, 0.1) is 5.56 Å². The quantitative estimate of drug-likeness (QED) is 0.657. The number of likely N-dealkylation sites (N-methyl/N-ethyl adjacent to an activating group) is 1. The average molecular weight is 424 g/mol. The van der Waals surface area contributed by atoms with Gasteiger partial charge in [0.15, 0.2) is 16.7 Å². The van der Waals surface area contributed by atoms with Crippen LogP contribution in [0.5, 0.6) is 0 Å². The van der Waals surface area contributed by atoms with Crippen molar-refractivity contribution < 1.29 is 18.4 Å². The molecule has 2 aromatic rings. The molecule has 0 fully saturated rings. The van der Waals surface area contributed by atoms with E-state index in [9.17, 15) is 18.4 Å². The molecular weight excluding hydrogens is 406 g/mol. The number of nitrogens with two attached hydrogens (primary N) is 1. The molecule has 2 heterocycles. The van der Waals surface area contributed by atoms with Gasteiger partial charge < -0.3 is 11.1 Å². The fourth-order valence-electron chi connectivity index (χ4n) is 3.02. The van der Waals surface area contributed by atoms with Crippen molar-refractivity contribution in [1.29, 1.82) is 0 Å². The first-order valence-electron chi connectivity index (χ1n) is 8.54. The smallest absolute Gasteiger partial charge is 0.257 e. The van der Waals surface area contributed by atoms with E-state index in [0.29, 0.717) is 23.5 Å². The van der Waals surface area contributed by atoms with Gasteiger partial charge >= 0.3 is 0 Å². The van der Waals surface area contributed by atoms with Gasteiger partial charge in [0, 0.05) is 23.5 Å². The van der Waals surface area contributed by atoms with Crippen LogP contribution in [0.2, 0.25) is 0 Å². The summed E-state index contributed by atoms with van der Waals surface area (Å²) in [5, 5.41) is 5.63. The number of amides is 2. The monoisotopic (exact) mass is 424 g/mol. The van der Waals surface area contributed by atoms with Gasteiger partial charge in [0.2, 0.25) is 0 Å². The molecule has 0 radical (unpaired) electrons. The van der Waals surface area contributed by atoms with Crippen LogP contribution >= 0.6 is 23.6 Å². The van der Waals surface area contributed by atoms with Crippen LogP contribution in [0.1, 0.15) is 38.1 Å². The Hall–Kier alpha value is -2.43. The molecule has 0 saturated heterocycles. The molecule has 28 heavy (non-hydrogen) atoms. The molecule has 0 bridgehead atoms. The van der Waals surface area contributed by atoms with Crippen LogP contribution in [0.4, 0.5) is 13.8 Å². The summed E-state index contributed by atoms with van der Waals surface area (Å²) in [6, 6.07) is 2.79. The number of thiophene rings is 1. The summed E-state index contributed by atoms with van der Waals surface area (Å²) < 4.78 is 26.3. The summed E-state index contributed by atoms with van der Waals surface area (Å²) in [6.07, 6.45) is 0.702. The number of carbonyl (C=O) groups is 2. The maximum Gasteiger partial charge on any atom is 0.257 e. The topological polar surface area (TPSA) is 87.5 Å². The highest BCUT2D eigenvalue weighted by Crippen LogP contribution is 2.36. The highest BCUT2D eigenvalue weighted by molar-refractivity contribution is 7.80. The van der Waals surface area contributed by atoms with Gasteiger partial charge in [-0.2, -0.15) is 0 Å². The predicted octanol–water partition coefficient (Wildman–Crippen LogP) is 2.63. The molecule has 10 heteroatoms. The zero-order chi connectivity index (χ0) is 20.4. The first-order chi connectivity index (χ1) is 13.3. The second-order valence-corrected chi connectivity index (χ2v) is 7.74. The van der Waals surface area contributed by atoms with Crippen molar-refractivity contribution >= 4 is 45.5 Å². The first kappa shape index (κ1) is 20.3. The van der Waals surface area contributed by atoms with E-state index in [4.69, 9.17) is 18.0 Å². The molecule has 0 spiro atoms. The zero-order valence-electron chi connectivity index (χ0n) is 15.0. The summed E-state index contributed by atoms with van der Waals surface area (Å²) in [7, 11) is 0. The fraction of sp³-hybridized carbons (Fsp3) is 0.278. The van der Waals surface area contributed by atoms with Gasteiger partial charge in [0.1, 0.15) is 5.00 Å². The number of anilines is 1. The number of hydrogen-bond donors (Lipinski definition) is 3. The molecule has 0 saturated carbocycles. The predicted molar refractivity (Wildman–Crippen MR) is 108 cm³/mol.